The van der Waals surface area contributed by atoms with E-state index in [4.69, 9.17) is 0 Å². The summed E-state index contributed by atoms with van der Waals surface area (Å²) >= 11 is 0. The second kappa shape index (κ2) is 7.43. The summed E-state index contributed by atoms with van der Waals surface area (Å²) in [5.41, 5.74) is 3.89. The molecule has 2 fully saturated rings. The van der Waals surface area contributed by atoms with Crippen molar-refractivity contribution in [2.75, 3.05) is 42.5 Å². The van der Waals surface area contributed by atoms with E-state index in [0.717, 1.165) is 25.2 Å². The summed E-state index contributed by atoms with van der Waals surface area (Å²) in [5, 5.41) is 0. The smallest absolute Gasteiger partial charge is 0.256 e. The molecule has 0 saturated carbocycles. The fraction of sp³-hybridized carbons (Fsp3) is 0.364. The molecule has 2 aromatic carbocycles. The molecular formula is C22H25N3O2. The van der Waals surface area contributed by atoms with Crippen molar-refractivity contribution in [1.29, 1.82) is 0 Å². The summed E-state index contributed by atoms with van der Waals surface area (Å²) in [6, 6.07) is 15.9. The van der Waals surface area contributed by atoms with E-state index in [1.54, 1.807) is 4.90 Å². The second-order valence-electron chi connectivity index (χ2n) is 7.23. The lowest BCUT2D eigenvalue weighted by Crippen LogP contribution is -2.49. The topological polar surface area (TPSA) is 43.9 Å². The zero-order valence-electron chi connectivity index (χ0n) is 15.7. The van der Waals surface area contributed by atoms with E-state index < -0.39 is 0 Å². The zero-order chi connectivity index (χ0) is 18.8. The number of rotatable bonds is 3. The van der Waals surface area contributed by atoms with Crippen LogP contribution in [-0.2, 0) is 4.79 Å². The Morgan fingerprint density at radius 2 is 1.52 bits per heavy atom. The molecule has 2 aromatic rings. The van der Waals surface area contributed by atoms with Crippen LogP contribution >= 0.6 is 0 Å². The molecule has 2 heterocycles. The van der Waals surface area contributed by atoms with Gasteiger partial charge in [0.05, 0.1) is 11.3 Å². The zero-order valence-corrected chi connectivity index (χ0v) is 15.7. The maximum Gasteiger partial charge on any atom is 0.256 e. The number of benzene rings is 2. The maximum absolute atomic E-state index is 13.2. The van der Waals surface area contributed by atoms with E-state index in [9.17, 15) is 9.59 Å². The van der Waals surface area contributed by atoms with Crippen LogP contribution in [0.25, 0.3) is 0 Å². The van der Waals surface area contributed by atoms with Gasteiger partial charge >= 0.3 is 0 Å². The highest BCUT2D eigenvalue weighted by atomic mass is 16.2. The first-order chi connectivity index (χ1) is 13.1. The number of carbonyl (C=O) groups is 2. The number of aryl methyl sites for hydroxylation is 1. The summed E-state index contributed by atoms with van der Waals surface area (Å²) < 4.78 is 0. The largest absolute Gasteiger partial charge is 0.368 e. The minimum atomic E-state index is 0.0229. The Kier molecular flexibility index (Phi) is 4.84. The molecular weight excluding hydrogens is 338 g/mol. The first kappa shape index (κ1) is 17.6. The normalized spacial score (nSPS) is 17.5. The Balaban J connectivity index is 1.49. The highest BCUT2D eigenvalue weighted by Crippen LogP contribution is 2.27. The van der Waals surface area contributed by atoms with Crippen molar-refractivity contribution in [1.82, 2.24) is 4.90 Å². The van der Waals surface area contributed by atoms with E-state index in [1.165, 1.54) is 11.3 Å². The van der Waals surface area contributed by atoms with Gasteiger partial charge < -0.3 is 14.7 Å². The van der Waals surface area contributed by atoms with Crippen LogP contribution in [0.3, 0.4) is 0 Å². The fourth-order valence-electron chi connectivity index (χ4n) is 4.03. The van der Waals surface area contributed by atoms with Gasteiger partial charge in [0.25, 0.3) is 5.91 Å². The average molecular weight is 363 g/mol. The van der Waals surface area contributed by atoms with Crippen molar-refractivity contribution in [3.8, 4) is 0 Å². The molecule has 2 saturated heterocycles. The third kappa shape index (κ3) is 3.42. The van der Waals surface area contributed by atoms with Crippen molar-refractivity contribution in [2.24, 2.45) is 0 Å². The van der Waals surface area contributed by atoms with Crippen molar-refractivity contribution >= 4 is 23.2 Å². The number of nitrogens with zero attached hydrogens (tertiary/aromatic N) is 3. The molecule has 5 heteroatoms. The Hall–Kier alpha value is -2.82. The van der Waals surface area contributed by atoms with Crippen LogP contribution < -0.4 is 9.80 Å². The molecule has 0 spiro atoms. The van der Waals surface area contributed by atoms with Crippen molar-refractivity contribution in [2.45, 2.75) is 19.8 Å². The number of hydrogen-bond donors (Lipinski definition) is 0. The van der Waals surface area contributed by atoms with Crippen molar-refractivity contribution < 1.29 is 9.59 Å². The molecule has 4 rings (SSSR count). The molecule has 0 N–H and O–H groups in total. The molecule has 0 aliphatic carbocycles. The third-order valence-electron chi connectivity index (χ3n) is 5.52. The van der Waals surface area contributed by atoms with Crippen LogP contribution in [-0.4, -0.2) is 49.4 Å². The molecule has 5 nitrogen and oxygen atoms in total. The number of carbonyl (C=O) groups excluding carboxylic acids is 2. The molecule has 140 valence electrons. The molecule has 2 aliphatic heterocycles. The van der Waals surface area contributed by atoms with Crippen LogP contribution in [0.15, 0.2) is 48.5 Å². The van der Waals surface area contributed by atoms with Gasteiger partial charge in [-0.25, -0.2) is 0 Å². The van der Waals surface area contributed by atoms with Crippen LogP contribution in [0.5, 0.6) is 0 Å². The van der Waals surface area contributed by atoms with Crippen LogP contribution in [0, 0.1) is 6.92 Å². The van der Waals surface area contributed by atoms with Gasteiger partial charge in [-0.3, -0.25) is 9.59 Å². The standard InChI is InChI=1S/C22H25N3O2/c1-17-7-2-4-9-19(17)23-13-15-24(16-14-23)22(27)18-8-3-5-10-20(18)25-12-6-11-21(25)26/h2-5,7-10H,6,11-16H2,1H3. The lowest BCUT2D eigenvalue weighted by Gasteiger charge is -2.37. The number of amides is 2. The van der Waals surface area contributed by atoms with Crippen LogP contribution in [0.1, 0.15) is 28.8 Å². The minimum absolute atomic E-state index is 0.0229. The highest BCUT2D eigenvalue weighted by molar-refractivity contribution is 6.05. The summed E-state index contributed by atoms with van der Waals surface area (Å²) in [7, 11) is 0. The van der Waals surface area contributed by atoms with Crippen LogP contribution in [0.4, 0.5) is 11.4 Å². The van der Waals surface area contributed by atoms with E-state index in [2.05, 4.69) is 36.1 Å². The monoisotopic (exact) mass is 363 g/mol. The van der Waals surface area contributed by atoms with E-state index in [0.29, 0.717) is 31.6 Å². The van der Waals surface area contributed by atoms with Crippen LogP contribution in [0.2, 0.25) is 0 Å². The number of piperazine rings is 1. The highest BCUT2D eigenvalue weighted by Gasteiger charge is 2.29. The SMILES string of the molecule is Cc1ccccc1N1CCN(C(=O)c2ccccc2N2CCCC2=O)CC1. The van der Waals surface area contributed by atoms with Gasteiger partial charge in [0.2, 0.25) is 5.91 Å². The Morgan fingerprint density at radius 3 is 2.19 bits per heavy atom. The Bertz CT molecular complexity index is 856. The first-order valence-electron chi connectivity index (χ1n) is 9.64. The van der Waals surface area contributed by atoms with Gasteiger partial charge in [0, 0.05) is 44.8 Å². The quantitative estimate of drug-likeness (QED) is 0.842. The second-order valence-corrected chi connectivity index (χ2v) is 7.23. The molecule has 2 aliphatic rings. The maximum atomic E-state index is 13.2. The molecule has 0 radical (unpaired) electrons. The van der Waals surface area contributed by atoms with Gasteiger partial charge in [-0.2, -0.15) is 0 Å². The molecule has 2 amide bonds. The summed E-state index contributed by atoms with van der Waals surface area (Å²) in [5.74, 6) is 0.134. The summed E-state index contributed by atoms with van der Waals surface area (Å²) in [6.45, 7) is 5.84. The van der Waals surface area contributed by atoms with E-state index >= 15 is 0 Å². The van der Waals surface area contributed by atoms with Gasteiger partial charge in [0.1, 0.15) is 0 Å². The lowest BCUT2D eigenvalue weighted by atomic mass is 10.1. The first-order valence-corrected chi connectivity index (χ1v) is 9.64. The van der Waals surface area contributed by atoms with Crippen molar-refractivity contribution in [3.05, 3.63) is 59.7 Å². The summed E-state index contributed by atoms with van der Waals surface area (Å²) in [6.07, 6.45) is 1.42. The summed E-state index contributed by atoms with van der Waals surface area (Å²) in [4.78, 5) is 31.3. The Morgan fingerprint density at radius 1 is 0.852 bits per heavy atom. The van der Waals surface area contributed by atoms with Gasteiger partial charge in [-0.1, -0.05) is 30.3 Å². The van der Waals surface area contributed by atoms with E-state index in [-0.39, 0.29) is 11.8 Å². The minimum Gasteiger partial charge on any atom is -0.368 e. The predicted octanol–water partition coefficient (Wildman–Crippen LogP) is 3.08. The lowest BCUT2D eigenvalue weighted by molar-refractivity contribution is -0.117. The molecule has 27 heavy (non-hydrogen) atoms. The molecule has 0 aromatic heterocycles. The fourth-order valence-corrected chi connectivity index (χ4v) is 4.03. The molecule has 0 unspecified atom stereocenters. The number of anilines is 2. The molecule has 0 bridgehead atoms. The predicted molar refractivity (Wildman–Crippen MR) is 107 cm³/mol. The third-order valence-corrected chi connectivity index (χ3v) is 5.52. The number of para-hydroxylation sites is 2. The number of hydrogen-bond acceptors (Lipinski definition) is 3. The van der Waals surface area contributed by atoms with Crippen molar-refractivity contribution in [3.63, 3.8) is 0 Å². The van der Waals surface area contributed by atoms with Gasteiger partial charge in [-0.05, 0) is 37.1 Å². The van der Waals surface area contributed by atoms with Gasteiger partial charge in [-0.15, -0.1) is 0 Å². The molecule has 0 atom stereocenters. The Labute approximate surface area is 160 Å². The van der Waals surface area contributed by atoms with Gasteiger partial charge in [0.15, 0.2) is 0 Å². The van der Waals surface area contributed by atoms with E-state index in [1.807, 2.05) is 29.2 Å². The average Bonchev–Trinajstić information content (AvgIpc) is 3.14.